The number of benzene rings is 2. The molecule has 35 heavy (non-hydrogen) atoms. The first-order chi connectivity index (χ1) is 16.7. The van der Waals surface area contributed by atoms with Crippen molar-refractivity contribution in [3.8, 4) is 5.75 Å². The summed E-state index contributed by atoms with van der Waals surface area (Å²) in [5.41, 5.74) is 2.69. The first kappa shape index (κ1) is 23.9. The lowest BCUT2D eigenvalue weighted by Crippen LogP contribution is -2.33. The van der Waals surface area contributed by atoms with Crippen LogP contribution in [0.4, 0.5) is 21.6 Å². The molecule has 1 aliphatic heterocycles. The third-order valence-electron chi connectivity index (χ3n) is 5.94. The molecule has 1 aromatic heterocycles. The van der Waals surface area contributed by atoms with Gasteiger partial charge in [0.15, 0.2) is 6.10 Å². The Labute approximate surface area is 204 Å². The molecule has 1 aliphatic carbocycles. The summed E-state index contributed by atoms with van der Waals surface area (Å²) >= 11 is 0. The van der Waals surface area contributed by atoms with E-state index < -0.39 is 15.5 Å². The summed E-state index contributed by atoms with van der Waals surface area (Å²) in [6.45, 7) is 3.46. The van der Waals surface area contributed by atoms with Crippen molar-refractivity contribution in [1.29, 1.82) is 0 Å². The first-order valence-corrected chi connectivity index (χ1v) is 13.9. The van der Waals surface area contributed by atoms with Crippen LogP contribution < -0.4 is 10.1 Å². The second-order valence-electron chi connectivity index (χ2n) is 9.43. The average Bonchev–Trinajstić information content (AvgIpc) is 3.51. The summed E-state index contributed by atoms with van der Waals surface area (Å²) in [4.78, 5) is 8.80. The molecule has 10 heteroatoms. The minimum atomic E-state index is -2.31. The Morgan fingerprint density at radius 3 is 2.74 bits per heavy atom. The van der Waals surface area contributed by atoms with Crippen LogP contribution in [0.3, 0.4) is 0 Å². The molecule has 1 saturated heterocycles. The van der Waals surface area contributed by atoms with Gasteiger partial charge in [-0.2, -0.15) is 4.36 Å². The summed E-state index contributed by atoms with van der Waals surface area (Å²) < 4.78 is 48.4. The van der Waals surface area contributed by atoms with Crippen LogP contribution in [-0.2, 0) is 19.2 Å². The summed E-state index contributed by atoms with van der Waals surface area (Å²) in [7, 11) is -2.31. The van der Waals surface area contributed by atoms with E-state index >= 15 is 0 Å². The number of ether oxygens (including phenoxy) is 3. The highest BCUT2D eigenvalue weighted by Crippen LogP contribution is 2.35. The molecule has 2 unspecified atom stereocenters. The molecule has 186 valence electrons. The normalized spacial score (nSPS) is 20.2. The van der Waals surface area contributed by atoms with Gasteiger partial charge in [-0.1, -0.05) is 0 Å². The fraction of sp³-hybridized carbons (Fsp3) is 0.440. The van der Waals surface area contributed by atoms with Crippen LogP contribution in [0.1, 0.15) is 18.4 Å². The molecule has 2 heterocycles. The highest BCUT2D eigenvalue weighted by atomic mass is 32.2. The molecule has 1 N–H and O–H groups in total. The zero-order chi connectivity index (χ0) is 24.6. The van der Waals surface area contributed by atoms with Gasteiger partial charge in [-0.3, -0.25) is 0 Å². The molecule has 2 atom stereocenters. The van der Waals surface area contributed by atoms with Crippen LogP contribution in [0, 0.1) is 18.7 Å². The van der Waals surface area contributed by atoms with Crippen molar-refractivity contribution in [2.45, 2.75) is 32.0 Å². The van der Waals surface area contributed by atoms with Crippen molar-refractivity contribution in [2.75, 3.05) is 37.6 Å². The number of nitrogens with zero attached hydrogens (tertiary/aromatic N) is 3. The number of anilines is 2. The SMILES string of the molecule is Cc1cc(N=S(C)(C)=O)cc2ncnc(Nc3ccc(F)cc3OC3COCC3OCC3CC3)c12. The molecular formula is C25H29FN4O4S. The molecule has 1 saturated carbocycles. The van der Waals surface area contributed by atoms with E-state index in [1.807, 2.05) is 13.0 Å². The van der Waals surface area contributed by atoms with Crippen LogP contribution in [-0.4, -0.2) is 58.7 Å². The fourth-order valence-electron chi connectivity index (χ4n) is 4.09. The van der Waals surface area contributed by atoms with Gasteiger partial charge in [0.05, 0.1) is 36.7 Å². The topological polar surface area (TPSA) is 94.9 Å². The lowest BCUT2D eigenvalue weighted by Gasteiger charge is -2.22. The van der Waals surface area contributed by atoms with Gasteiger partial charge in [0, 0.05) is 33.7 Å². The molecule has 2 fully saturated rings. The maximum atomic E-state index is 14.2. The quantitative estimate of drug-likeness (QED) is 0.477. The number of halogens is 1. The number of fused-ring (bicyclic) bond motifs is 1. The van der Waals surface area contributed by atoms with Crippen LogP contribution in [0.15, 0.2) is 41.0 Å². The van der Waals surface area contributed by atoms with E-state index in [9.17, 15) is 8.60 Å². The van der Waals surface area contributed by atoms with Crippen molar-refractivity contribution >= 4 is 37.8 Å². The predicted molar refractivity (Wildman–Crippen MR) is 134 cm³/mol. The van der Waals surface area contributed by atoms with E-state index in [0.717, 1.165) is 10.9 Å². The Kier molecular flexibility index (Phi) is 6.61. The summed E-state index contributed by atoms with van der Waals surface area (Å²) in [5, 5.41) is 4.08. The van der Waals surface area contributed by atoms with Crippen LogP contribution in [0.25, 0.3) is 10.9 Å². The largest absolute Gasteiger partial charge is 0.483 e. The Bertz CT molecular complexity index is 1360. The molecular weight excluding hydrogens is 471 g/mol. The number of aromatic nitrogens is 2. The van der Waals surface area contributed by atoms with Crippen molar-refractivity contribution in [3.05, 3.63) is 48.0 Å². The van der Waals surface area contributed by atoms with Gasteiger partial charge >= 0.3 is 0 Å². The number of aryl methyl sites for hydroxylation is 1. The highest BCUT2D eigenvalue weighted by molar-refractivity contribution is 7.92. The first-order valence-electron chi connectivity index (χ1n) is 11.6. The summed E-state index contributed by atoms with van der Waals surface area (Å²) in [6, 6.07) is 7.97. The van der Waals surface area contributed by atoms with Crippen molar-refractivity contribution in [2.24, 2.45) is 10.3 Å². The van der Waals surface area contributed by atoms with Crippen molar-refractivity contribution in [1.82, 2.24) is 9.97 Å². The second kappa shape index (κ2) is 9.67. The smallest absolute Gasteiger partial charge is 0.150 e. The molecule has 0 bridgehead atoms. The van der Waals surface area contributed by atoms with Crippen molar-refractivity contribution in [3.63, 3.8) is 0 Å². The molecule has 8 nitrogen and oxygen atoms in total. The maximum Gasteiger partial charge on any atom is 0.150 e. The second-order valence-corrected chi connectivity index (χ2v) is 12.0. The number of nitrogens with one attached hydrogen (secondary N) is 1. The fourth-order valence-corrected chi connectivity index (χ4v) is 4.70. The number of rotatable bonds is 8. The Morgan fingerprint density at radius 1 is 1.17 bits per heavy atom. The van der Waals surface area contributed by atoms with E-state index in [-0.39, 0.29) is 12.2 Å². The van der Waals surface area contributed by atoms with Crippen LogP contribution in [0.2, 0.25) is 0 Å². The molecule has 2 aliphatic rings. The van der Waals surface area contributed by atoms with Gasteiger partial charge in [-0.15, -0.1) is 0 Å². The van der Waals surface area contributed by atoms with Gasteiger partial charge in [0.25, 0.3) is 0 Å². The third kappa shape index (κ3) is 5.88. The van der Waals surface area contributed by atoms with Gasteiger partial charge in [-0.25, -0.2) is 18.6 Å². The van der Waals surface area contributed by atoms with Gasteiger partial charge in [0.2, 0.25) is 0 Å². The van der Waals surface area contributed by atoms with Crippen molar-refractivity contribution < 1.29 is 22.8 Å². The Morgan fingerprint density at radius 2 is 1.97 bits per heavy atom. The summed E-state index contributed by atoms with van der Waals surface area (Å²) in [6.07, 6.45) is 6.51. The van der Waals surface area contributed by atoms with E-state index in [2.05, 4.69) is 19.6 Å². The molecule has 3 aromatic rings. The Balaban J connectivity index is 1.43. The van der Waals surface area contributed by atoms with Crippen LogP contribution in [0.5, 0.6) is 5.75 Å². The molecule has 0 amide bonds. The van der Waals surface area contributed by atoms with E-state index in [1.165, 1.54) is 31.3 Å². The Hall–Kier alpha value is -2.82. The van der Waals surface area contributed by atoms with Gasteiger partial charge in [0.1, 0.15) is 29.8 Å². The zero-order valence-electron chi connectivity index (χ0n) is 20.0. The van der Waals surface area contributed by atoms with Gasteiger partial charge < -0.3 is 19.5 Å². The van der Waals surface area contributed by atoms with Crippen LogP contribution >= 0.6 is 0 Å². The molecule has 0 spiro atoms. The minimum absolute atomic E-state index is 0.191. The van der Waals surface area contributed by atoms with E-state index in [4.69, 9.17) is 14.2 Å². The lowest BCUT2D eigenvalue weighted by atomic mass is 10.1. The molecule has 5 rings (SSSR count). The third-order valence-corrected chi connectivity index (χ3v) is 6.59. The molecule has 2 aromatic carbocycles. The van der Waals surface area contributed by atoms with Gasteiger partial charge in [-0.05, 0) is 55.5 Å². The summed E-state index contributed by atoms with van der Waals surface area (Å²) in [5.74, 6) is 1.13. The molecule has 0 radical (unpaired) electrons. The lowest BCUT2D eigenvalue weighted by molar-refractivity contribution is -0.00503. The average molecular weight is 501 g/mol. The zero-order valence-corrected chi connectivity index (χ0v) is 20.8. The number of hydrogen-bond acceptors (Lipinski definition) is 8. The maximum absolute atomic E-state index is 14.2. The standard InChI is InChI=1S/C25H29FN4O4S/c1-15-8-18(30-35(2,3)31)10-20-24(15)25(28-14-27-20)29-19-7-6-17(26)9-21(19)34-23-13-32-12-22(23)33-11-16-4-5-16/h6-10,14,16,22-23H,4-5,11-13H2,1-3H3,(H,27,28,29). The van der Waals surface area contributed by atoms with E-state index in [0.29, 0.717) is 54.2 Å². The monoisotopic (exact) mass is 500 g/mol. The number of hydrogen-bond donors (Lipinski definition) is 1. The highest BCUT2D eigenvalue weighted by Gasteiger charge is 2.33. The minimum Gasteiger partial charge on any atom is -0.483 e. The predicted octanol–water partition coefficient (Wildman–Crippen LogP) is 4.75. The van der Waals surface area contributed by atoms with E-state index in [1.54, 1.807) is 24.6 Å².